The van der Waals surface area contributed by atoms with Gasteiger partial charge in [0.15, 0.2) is 0 Å². The largest absolute Gasteiger partial charge is 0.396 e. The van der Waals surface area contributed by atoms with Gasteiger partial charge in [-0.2, -0.15) is 0 Å². The maximum atomic E-state index is 12.8. The van der Waals surface area contributed by atoms with Gasteiger partial charge in [0.2, 0.25) is 0 Å². The zero-order valence-electron chi connectivity index (χ0n) is 8.00. The van der Waals surface area contributed by atoms with Gasteiger partial charge in [0, 0.05) is 6.61 Å². The number of benzene rings is 1. The van der Waals surface area contributed by atoms with Crippen LogP contribution in [0.25, 0.3) is 0 Å². The van der Waals surface area contributed by atoms with E-state index >= 15 is 0 Å². The molecular weight excluding hydrogens is 167 g/mol. The van der Waals surface area contributed by atoms with Crippen molar-refractivity contribution in [3.63, 3.8) is 0 Å². The van der Waals surface area contributed by atoms with Crippen molar-refractivity contribution < 1.29 is 9.50 Å². The first kappa shape index (κ1) is 10.2. The molecule has 1 aromatic carbocycles. The lowest BCUT2D eigenvalue weighted by molar-refractivity contribution is 0.220. The van der Waals surface area contributed by atoms with Gasteiger partial charge in [-0.25, -0.2) is 4.39 Å². The Kier molecular flexibility index (Phi) is 3.43. The summed E-state index contributed by atoms with van der Waals surface area (Å²) in [7, 11) is 0. The van der Waals surface area contributed by atoms with Gasteiger partial charge >= 0.3 is 0 Å². The minimum atomic E-state index is -0.213. The topological polar surface area (TPSA) is 20.2 Å². The summed E-state index contributed by atoms with van der Waals surface area (Å²) < 4.78 is 12.8. The van der Waals surface area contributed by atoms with Crippen LogP contribution in [0, 0.1) is 11.7 Å². The molecule has 1 N–H and O–H groups in total. The van der Waals surface area contributed by atoms with Gasteiger partial charge in [-0.1, -0.05) is 26.0 Å². The Morgan fingerprint density at radius 1 is 1.38 bits per heavy atom. The van der Waals surface area contributed by atoms with E-state index < -0.39 is 0 Å². The number of aliphatic hydroxyl groups excluding tert-OH is 1. The maximum absolute atomic E-state index is 12.8. The van der Waals surface area contributed by atoms with E-state index in [0.717, 1.165) is 5.56 Å². The Morgan fingerprint density at radius 3 is 2.62 bits per heavy atom. The van der Waals surface area contributed by atoms with Crippen molar-refractivity contribution in [2.45, 2.75) is 19.8 Å². The number of halogens is 1. The highest BCUT2D eigenvalue weighted by molar-refractivity contribution is 5.20. The van der Waals surface area contributed by atoms with Crippen molar-refractivity contribution in [3.8, 4) is 0 Å². The second-order valence-corrected chi connectivity index (χ2v) is 3.50. The summed E-state index contributed by atoms with van der Waals surface area (Å²) in [5.74, 6) is 0.150. The van der Waals surface area contributed by atoms with Crippen molar-refractivity contribution in [3.05, 3.63) is 35.6 Å². The summed E-state index contributed by atoms with van der Waals surface area (Å²) >= 11 is 0. The second-order valence-electron chi connectivity index (χ2n) is 3.50. The Balaban J connectivity index is 2.82. The average molecular weight is 182 g/mol. The van der Waals surface area contributed by atoms with E-state index in [2.05, 4.69) is 0 Å². The number of hydrogen-bond acceptors (Lipinski definition) is 1. The third-order valence-electron chi connectivity index (χ3n) is 2.52. The summed E-state index contributed by atoms with van der Waals surface area (Å²) in [5, 5.41) is 8.94. The van der Waals surface area contributed by atoms with Crippen LogP contribution in [0.15, 0.2) is 24.3 Å². The number of hydrogen-bond donors (Lipinski definition) is 1. The van der Waals surface area contributed by atoms with Gasteiger partial charge in [0.25, 0.3) is 0 Å². The predicted octanol–water partition coefficient (Wildman–Crippen LogP) is 2.56. The first-order valence-corrected chi connectivity index (χ1v) is 4.51. The Morgan fingerprint density at radius 2 is 2.08 bits per heavy atom. The quantitative estimate of drug-likeness (QED) is 0.761. The molecule has 1 aromatic rings. The molecule has 0 fully saturated rings. The minimum absolute atomic E-state index is 0.137. The molecule has 0 heterocycles. The molecule has 13 heavy (non-hydrogen) atoms. The van der Waals surface area contributed by atoms with Gasteiger partial charge in [-0.3, -0.25) is 0 Å². The van der Waals surface area contributed by atoms with Crippen molar-refractivity contribution in [2.24, 2.45) is 5.92 Å². The van der Waals surface area contributed by atoms with Crippen LogP contribution in [-0.4, -0.2) is 11.7 Å². The molecule has 2 heteroatoms. The highest BCUT2D eigenvalue weighted by atomic mass is 19.1. The first-order chi connectivity index (χ1) is 6.15. The molecule has 72 valence electrons. The molecule has 2 atom stereocenters. The van der Waals surface area contributed by atoms with Crippen LogP contribution < -0.4 is 0 Å². The minimum Gasteiger partial charge on any atom is -0.396 e. The lowest BCUT2D eigenvalue weighted by atomic mass is 9.89. The van der Waals surface area contributed by atoms with Crippen molar-refractivity contribution in [1.82, 2.24) is 0 Å². The smallest absolute Gasteiger partial charge is 0.123 e. The summed E-state index contributed by atoms with van der Waals surface area (Å²) in [6.45, 7) is 4.09. The fourth-order valence-corrected chi connectivity index (χ4v) is 1.28. The summed E-state index contributed by atoms with van der Waals surface area (Å²) in [5.41, 5.74) is 0.946. The highest BCUT2D eigenvalue weighted by Crippen LogP contribution is 2.23. The van der Waals surface area contributed by atoms with E-state index in [4.69, 9.17) is 5.11 Å². The molecule has 1 rings (SSSR count). The molecule has 2 unspecified atom stereocenters. The standard InChI is InChI=1S/C11H15FO/c1-8(7-13)9(2)10-4-3-5-11(12)6-10/h3-6,8-9,13H,7H2,1-2H3. The van der Waals surface area contributed by atoms with Crippen molar-refractivity contribution in [1.29, 1.82) is 0 Å². The molecule has 0 radical (unpaired) electrons. The third-order valence-corrected chi connectivity index (χ3v) is 2.52. The summed E-state index contributed by atoms with van der Waals surface area (Å²) in [4.78, 5) is 0. The summed E-state index contributed by atoms with van der Waals surface area (Å²) in [6.07, 6.45) is 0. The molecule has 0 bridgehead atoms. The van der Waals surface area contributed by atoms with Crippen LogP contribution in [0.3, 0.4) is 0 Å². The third kappa shape index (κ3) is 2.52. The first-order valence-electron chi connectivity index (χ1n) is 4.51. The molecule has 0 aliphatic carbocycles. The Bertz CT molecular complexity index is 273. The highest BCUT2D eigenvalue weighted by Gasteiger charge is 2.13. The van der Waals surface area contributed by atoms with Crippen molar-refractivity contribution >= 4 is 0 Å². The monoisotopic (exact) mass is 182 g/mol. The zero-order chi connectivity index (χ0) is 9.84. The molecule has 0 amide bonds. The normalized spacial score (nSPS) is 15.4. The molecule has 0 aromatic heterocycles. The molecule has 0 saturated carbocycles. The van der Waals surface area contributed by atoms with E-state index in [1.807, 2.05) is 19.9 Å². The maximum Gasteiger partial charge on any atom is 0.123 e. The fraction of sp³-hybridized carbons (Fsp3) is 0.455. The molecule has 0 aliphatic heterocycles. The van der Waals surface area contributed by atoms with E-state index in [-0.39, 0.29) is 24.3 Å². The SMILES string of the molecule is CC(CO)C(C)c1cccc(F)c1. The lowest BCUT2D eigenvalue weighted by Gasteiger charge is -2.17. The number of rotatable bonds is 3. The number of aliphatic hydroxyl groups is 1. The zero-order valence-corrected chi connectivity index (χ0v) is 8.00. The van der Waals surface area contributed by atoms with E-state index in [1.165, 1.54) is 12.1 Å². The van der Waals surface area contributed by atoms with Crippen LogP contribution in [0.5, 0.6) is 0 Å². The summed E-state index contributed by atoms with van der Waals surface area (Å²) in [6, 6.07) is 6.54. The van der Waals surface area contributed by atoms with Gasteiger partial charge in [0.1, 0.15) is 5.82 Å². The Hall–Kier alpha value is -0.890. The van der Waals surface area contributed by atoms with E-state index in [0.29, 0.717) is 0 Å². The predicted molar refractivity (Wildman–Crippen MR) is 51.1 cm³/mol. The van der Waals surface area contributed by atoms with E-state index in [1.54, 1.807) is 6.07 Å². The molecule has 0 aliphatic rings. The van der Waals surface area contributed by atoms with Crippen LogP contribution in [0.2, 0.25) is 0 Å². The Labute approximate surface area is 78.2 Å². The average Bonchev–Trinajstić information content (AvgIpc) is 2.15. The molecule has 1 nitrogen and oxygen atoms in total. The van der Waals surface area contributed by atoms with E-state index in [9.17, 15) is 4.39 Å². The van der Waals surface area contributed by atoms with Gasteiger partial charge < -0.3 is 5.11 Å². The van der Waals surface area contributed by atoms with Crippen molar-refractivity contribution in [2.75, 3.05) is 6.61 Å². The lowest BCUT2D eigenvalue weighted by Crippen LogP contribution is -2.10. The van der Waals surface area contributed by atoms with Crippen LogP contribution in [0.1, 0.15) is 25.3 Å². The van der Waals surface area contributed by atoms with Crippen LogP contribution in [0.4, 0.5) is 4.39 Å². The fourth-order valence-electron chi connectivity index (χ4n) is 1.28. The molecular formula is C11H15FO. The molecule has 0 saturated heterocycles. The second kappa shape index (κ2) is 4.38. The van der Waals surface area contributed by atoms with Gasteiger partial charge in [-0.05, 0) is 29.5 Å². The van der Waals surface area contributed by atoms with Gasteiger partial charge in [-0.15, -0.1) is 0 Å². The van der Waals surface area contributed by atoms with Crippen LogP contribution >= 0.6 is 0 Å². The van der Waals surface area contributed by atoms with Gasteiger partial charge in [0.05, 0.1) is 0 Å². The van der Waals surface area contributed by atoms with Crippen LogP contribution in [-0.2, 0) is 0 Å². The molecule has 0 spiro atoms.